The highest BCUT2D eigenvalue weighted by atomic mass is 16.4. The van der Waals surface area contributed by atoms with Gasteiger partial charge in [-0.05, 0) is 24.3 Å². The third-order valence-corrected chi connectivity index (χ3v) is 5.40. The van der Waals surface area contributed by atoms with Gasteiger partial charge in [0.25, 0.3) is 5.91 Å². The minimum atomic E-state index is -0.933. The maximum absolute atomic E-state index is 12.4. The van der Waals surface area contributed by atoms with E-state index in [1.807, 2.05) is 17.0 Å². The molecule has 4 rings (SSSR count). The number of carbonyl (C=O) groups is 3. The molecule has 1 aliphatic heterocycles. The lowest BCUT2D eigenvalue weighted by molar-refractivity contribution is -0.144. The predicted molar refractivity (Wildman–Crippen MR) is 112 cm³/mol. The van der Waals surface area contributed by atoms with Crippen molar-refractivity contribution in [3.05, 3.63) is 65.9 Å². The van der Waals surface area contributed by atoms with E-state index in [1.54, 1.807) is 47.5 Å². The van der Waals surface area contributed by atoms with Crippen LogP contribution in [0.5, 0.6) is 0 Å². The van der Waals surface area contributed by atoms with Crippen molar-refractivity contribution in [3.63, 3.8) is 0 Å². The van der Waals surface area contributed by atoms with Crippen molar-refractivity contribution in [1.82, 2.24) is 14.8 Å². The van der Waals surface area contributed by atoms with Gasteiger partial charge in [0, 0.05) is 60.1 Å². The summed E-state index contributed by atoms with van der Waals surface area (Å²) >= 11 is 0. The molecule has 154 valence electrons. The minimum absolute atomic E-state index is 0.210. The fraction of sp³-hybridized carbons (Fsp3) is 0.227. The minimum Gasteiger partial charge on any atom is -0.480 e. The zero-order valence-corrected chi connectivity index (χ0v) is 16.2. The summed E-state index contributed by atoms with van der Waals surface area (Å²) in [5, 5.41) is 13.5. The molecule has 30 heavy (non-hydrogen) atoms. The molecule has 1 atom stereocenters. The largest absolute Gasteiger partial charge is 0.480 e. The first kappa shape index (κ1) is 19.7. The first-order valence-corrected chi connectivity index (χ1v) is 9.70. The van der Waals surface area contributed by atoms with E-state index in [9.17, 15) is 19.5 Å². The molecule has 8 heteroatoms. The van der Waals surface area contributed by atoms with Gasteiger partial charge in [0.15, 0.2) is 0 Å². The standard InChI is InChI=1S/C22H22N4O4/c27-14-25-8-10-26(11-9-25)20(22(29)30)18-13-23-19-12-16(6-7-17(18)19)24-21(28)15-4-2-1-3-5-15/h1-7,12-14,20,23H,8-11H2,(H,24,28)(H,29,30)/t20-/m1/s1. The second-order valence-electron chi connectivity index (χ2n) is 7.24. The van der Waals surface area contributed by atoms with E-state index in [0.717, 1.165) is 17.3 Å². The van der Waals surface area contributed by atoms with Crippen molar-refractivity contribution in [1.29, 1.82) is 0 Å². The Balaban J connectivity index is 1.57. The van der Waals surface area contributed by atoms with Gasteiger partial charge in [0.2, 0.25) is 6.41 Å². The third-order valence-electron chi connectivity index (χ3n) is 5.40. The lowest BCUT2D eigenvalue weighted by Crippen LogP contribution is -2.48. The molecule has 0 aliphatic carbocycles. The number of fused-ring (bicyclic) bond motifs is 1. The van der Waals surface area contributed by atoms with E-state index in [2.05, 4.69) is 10.3 Å². The smallest absolute Gasteiger partial charge is 0.325 e. The second-order valence-corrected chi connectivity index (χ2v) is 7.24. The van der Waals surface area contributed by atoms with Crippen LogP contribution in [0, 0.1) is 0 Å². The summed E-state index contributed by atoms with van der Waals surface area (Å²) in [7, 11) is 0. The lowest BCUT2D eigenvalue weighted by Gasteiger charge is -2.36. The first-order chi connectivity index (χ1) is 14.6. The van der Waals surface area contributed by atoms with Crippen LogP contribution < -0.4 is 5.32 Å². The predicted octanol–water partition coefficient (Wildman–Crippen LogP) is 2.32. The molecule has 1 saturated heterocycles. The Morgan fingerprint density at radius 2 is 1.80 bits per heavy atom. The highest BCUT2D eigenvalue weighted by molar-refractivity contribution is 6.05. The highest BCUT2D eigenvalue weighted by Gasteiger charge is 2.31. The topological polar surface area (TPSA) is 106 Å². The normalized spacial score (nSPS) is 15.7. The van der Waals surface area contributed by atoms with Crippen LogP contribution in [0.2, 0.25) is 0 Å². The molecular formula is C22H22N4O4. The van der Waals surface area contributed by atoms with Crippen LogP contribution in [0.3, 0.4) is 0 Å². The number of aromatic amines is 1. The lowest BCUT2D eigenvalue weighted by atomic mass is 10.0. The number of carboxylic acids is 1. The number of hydrogen-bond acceptors (Lipinski definition) is 4. The molecule has 3 aromatic rings. The third kappa shape index (κ3) is 3.90. The molecule has 0 radical (unpaired) electrons. The molecule has 8 nitrogen and oxygen atoms in total. The Kier molecular flexibility index (Phi) is 5.49. The van der Waals surface area contributed by atoms with Crippen molar-refractivity contribution in [3.8, 4) is 0 Å². The molecule has 0 saturated carbocycles. The number of H-pyrrole nitrogens is 1. The highest BCUT2D eigenvalue weighted by Crippen LogP contribution is 2.31. The molecular weight excluding hydrogens is 384 g/mol. The van der Waals surface area contributed by atoms with E-state index >= 15 is 0 Å². The number of hydrogen-bond donors (Lipinski definition) is 3. The fourth-order valence-corrected chi connectivity index (χ4v) is 3.83. The molecule has 0 bridgehead atoms. The number of anilines is 1. The number of amides is 2. The van der Waals surface area contributed by atoms with Crippen LogP contribution in [0.4, 0.5) is 5.69 Å². The molecule has 3 N–H and O–H groups in total. The average Bonchev–Trinajstić information content (AvgIpc) is 3.17. The Bertz CT molecular complexity index is 1070. The maximum Gasteiger partial charge on any atom is 0.325 e. The Labute approximate surface area is 173 Å². The van der Waals surface area contributed by atoms with Crippen molar-refractivity contribution in [2.75, 3.05) is 31.5 Å². The molecule has 0 spiro atoms. The number of piperazine rings is 1. The van der Waals surface area contributed by atoms with Crippen LogP contribution in [0.25, 0.3) is 10.9 Å². The summed E-state index contributed by atoms with van der Waals surface area (Å²) in [5.41, 5.74) is 2.59. The van der Waals surface area contributed by atoms with Crippen LogP contribution in [0.15, 0.2) is 54.7 Å². The quantitative estimate of drug-likeness (QED) is 0.545. The summed E-state index contributed by atoms with van der Waals surface area (Å²) in [6.07, 6.45) is 2.50. The molecule has 0 unspecified atom stereocenters. The number of carboxylic acid groups (broad SMARTS) is 1. The molecule has 1 aliphatic rings. The maximum atomic E-state index is 12.4. The molecule has 2 heterocycles. The van der Waals surface area contributed by atoms with E-state index in [4.69, 9.17) is 0 Å². The summed E-state index contributed by atoms with van der Waals surface area (Å²) in [5.74, 6) is -1.14. The van der Waals surface area contributed by atoms with Gasteiger partial charge in [-0.15, -0.1) is 0 Å². The van der Waals surface area contributed by atoms with Gasteiger partial charge in [-0.1, -0.05) is 24.3 Å². The van der Waals surface area contributed by atoms with E-state index in [-0.39, 0.29) is 5.91 Å². The second kappa shape index (κ2) is 8.38. The van der Waals surface area contributed by atoms with Crippen LogP contribution in [0.1, 0.15) is 22.0 Å². The summed E-state index contributed by atoms with van der Waals surface area (Å²) in [6, 6.07) is 13.5. The molecule has 1 fully saturated rings. The number of rotatable bonds is 6. The van der Waals surface area contributed by atoms with E-state index in [0.29, 0.717) is 43.0 Å². The fourth-order valence-electron chi connectivity index (χ4n) is 3.83. The van der Waals surface area contributed by atoms with Crippen molar-refractivity contribution >= 4 is 34.9 Å². The van der Waals surface area contributed by atoms with Crippen molar-refractivity contribution in [2.45, 2.75) is 6.04 Å². The summed E-state index contributed by atoms with van der Waals surface area (Å²) < 4.78 is 0. The SMILES string of the molecule is O=CN1CCN([C@@H](C(=O)O)c2c[nH]c3cc(NC(=O)c4ccccc4)ccc23)CC1. The zero-order chi connectivity index (χ0) is 21.1. The van der Waals surface area contributed by atoms with E-state index < -0.39 is 12.0 Å². The molecule has 2 amide bonds. The average molecular weight is 406 g/mol. The zero-order valence-electron chi connectivity index (χ0n) is 16.2. The monoisotopic (exact) mass is 406 g/mol. The van der Waals surface area contributed by atoms with Gasteiger partial charge in [-0.2, -0.15) is 0 Å². The van der Waals surface area contributed by atoms with Gasteiger partial charge in [-0.25, -0.2) is 0 Å². The van der Waals surface area contributed by atoms with Crippen molar-refractivity contribution < 1.29 is 19.5 Å². The molecule has 2 aromatic carbocycles. The van der Waals surface area contributed by atoms with Gasteiger partial charge in [-0.3, -0.25) is 19.3 Å². The van der Waals surface area contributed by atoms with Crippen molar-refractivity contribution in [2.24, 2.45) is 0 Å². The van der Waals surface area contributed by atoms with Crippen LogP contribution in [-0.4, -0.2) is 64.4 Å². The number of nitrogens with zero attached hydrogens (tertiary/aromatic N) is 2. The number of nitrogens with one attached hydrogen (secondary N) is 2. The number of benzene rings is 2. The number of carbonyl (C=O) groups excluding carboxylic acids is 2. The van der Waals surface area contributed by atoms with Crippen LogP contribution in [-0.2, 0) is 9.59 Å². The van der Waals surface area contributed by atoms with E-state index in [1.165, 1.54) is 0 Å². The Hall–Kier alpha value is -3.65. The van der Waals surface area contributed by atoms with Gasteiger partial charge in [0.05, 0.1) is 0 Å². The first-order valence-electron chi connectivity index (χ1n) is 9.70. The number of aromatic nitrogens is 1. The Morgan fingerprint density at radius 3 is 2.47 bits per heavy atom. The Morgan fingerprint density at radius 1 is 1.07 bits per heavy atom. The summed E-state index contributed by atoms with van der Waals surface area (Å²) in [4.78, 5) is 42.0. The van der Waals surface area contributed by atoms with Gasteiger partial charge >= 0.3 is 5.97 Å². The molecule has 1 aromatic heterocycles. The number of aliphatic carboxylic acids is 1. The summed E-state index contributed by atoms with van der Waals surface area (Å²) in [6.45, 7) is 2.00. The van der Waals surface area contributed by atoms with Crippen LogP contribution >= 0.6 is 0 Å². The van der Waals surface area contributed by atoms with Gasteiger partial charge < -0.3 is 20.3 Å². The van der Waals surface area contributed by atoms with Gasteiger partial charge in [0.1, 0.15) is 6.04 Å².